The van der Waals surface area contributed by atoms with Crippen LogP contribution in [0.5, 0.6) is 0 Å². The van der Waals surface area contributed by atoms with Gasteiger partial charge in [0.15, 0.2) is 0 Å². The summed E-state index contributed by atoms with van der Waals surface area (Å²) < 4.78 is 2.82. The Kier molecular flexibility index (Phi) is 3.65. The second-order valence-corrected chi connectivity index (χ2v) is 6.60. The normalized spacial score (nSPS) is 12.7. The van der Waals surface area contributed by atoms with Crippen molar-refractivity contribution in [1.82, 2.24) is 14.5 Å². The Bertz CT molecular complexity index is 913. The molecule has 0 fully saturated rings. The lowest BCUT2D eigenvalue weighted by Crippen LogP contribution is -2.21. The maximum atomic E-state index is 12.6. The Morgan fingerprint density at radius 3 is 2.96 bits per heavy atom. The van der Waals surface area contributed by atoms with Crippen LogP contribution in [0.3, 0.4) is 0 Å². The van der Waals surface area contributed by atoms with Gasteiger partial charge < -0.3 is 9.55 Å². The molecular formula is C18H16BrN3O. The van der Waals surface area contributed by atoms with Gasteiger partial charge in [-0.1, -0.05) is 24.3 Å². The number of aromatic nitrogens is 3. The molecule has 1 aliphatic carbocycles. The van der Waals surface area contributed by atoms with Crippen LogP contribution in [0.2, 0.25) is 0 Å². The Hall–Kier alpha value is -2.14. The molecule has 3 aromatic rings. The predicted octanol–water partition coefficient (Wildman–Crippen LogP) is 3.34. The van der Waals surface area contributed by atoms with Crippen LogP contribution in [0.15, 0.2) is 52.4 Å². The summed E-state index contributed by atoms with van der Waals surface area (Å²) in [7, 11) is 0. The minimum atomic E-state index is -0.00700. The van der Waals surface area contributed by atoms with Crippen molar-refractivity contribution in [3.63, 3.8) is 0 Å². The summed E-state index contributed by atoms with van der Waals surface area (Å²) in [6, 6.07) is 8.40. The van der Waals surface area contributed by atoms with Crippen molar-refractivity contribution in [3.8, 4) is 11.1 Å². The van der Waals surface area contributed by atoms with Crippen molar-refractivity contribution in [1.29, 1.82) is 0 Å². The van der Waals surface area contributed by atoms with E-state index in [1.165, 1.54) is 16.7 Å². The molecule has 2 aromatic heterocycles. The average molecular weight is 370 g/mol. The van der Waals surface area contributed by atoms with Gasteiger partial charge in [-0.3, -0.25) is 4.79 Å². The molecule has 1 aliphatic rings. The van der Waals surface area contributed by atoms with E-state index in [4.69, 9.17) is 0 Å². The van der Waals surface area contributed by atoms with E-state index in [2.05, 4.69) is 44.1 Å². The van der Waals surface area contributed by atoms with Crippen LogP contribution in [0.25, 0.3) is 11.1 Å². The molecule has 0 unspecified atom stereocenters. The number of aromatic amines is 1. The lowest BCUT2D eigenvalue weighted by Gasteiger charge is -2.23. The third-order valence-electron chi connectivity index (χ3n) is 4.48. The zero-order valence-corrected chi connectivity index (χ0v) is 14.1. The number of nitrogens with zero attached hydrogens (tertiary/aromatic N) is 2. The largest absolute Gasteiger partial charge is 0.337 e. The van der Waals surface area contributed by atoms with Gasteiger partial charge in [-0.05, 0) is 57.4 Å². The highest BCUT2D eigenvalue weighted by Crippen LogP contribution is 2.37. The zero-order valence-electron chi connectivity index (χ0n) is 12.6. The molecule has 1 aromatic carbocycles. The molecule has 0 saturated carbocycles. The number of hydrogen-bond acceptors (Lipinski definition) is 2. The van der Waals surface area contributed by atoms with Crippen molar-refractivity contribution in [2.45, 2.75) is 25.8 Å². The third-order valence-corrected chi connectivity index (χ3v) is 5.15. The quantitative estimate of drug-likeness (QED) is 0.719. The Labute approximate surface area is 142 Å². The lowest BCUT2D eigenvalue weighted by molar-refractivity contribution is 0.689. The Morgan fingerprint density at radius 2 is 2.13 bits per heavy atom. The van der Waals surface area contributed by atoms with Crippen LogP contribution >= 0.6 is 15.9 Å². The van der Waals surface area contributed by atoms with E-state index in [1.807, 2.05) is 16.8 Å². The highest BCUT2D eigenvalue weighted by molar-refractivity contribution is 9.10. The number of benzene rings is 1. The molecule has 0 radical (unpaired) electrons. The highest BCUT2D eigenvalue weighted by Gasteiger charge is 2.23. The third kappa shape index (κ3) is 2.55. The Morgan fingerprint density at radius 1 is 1.26 bits per heavy atom. The molecule has 0 amide bonds. The smallest absolute Gasteiger partial charge is 0.252 e. The number of imidazole rings is 1. The molecular weight excluding hydrogens is 354 g/mol. The molecule has 4 nitrogen and oxygen atoms in total. The molecule has 0 atom stereocenters. The minimum absolute atomic E-state index is 0.00700. The standard InChI is InChI=1S/C18H16BrN3O/c19-17-14-6-5-12-3-1-2-4-13(12)16(14)15(18(23)21-17)7-9-22-10-8-20-11-22/h1-4,8,10-11H,5-7,9H2,(H,21,23). The fourth-order valence-electron chi connectivity index (χ4n) is 3.36. The van der Waals surface area contributed by atoms with E-state index in [1.54, 1.807) is 12.5 Å². The average Bonchev–Trinajstić information content (AvgIpc) is 3.07. The lowest BCUT2D eigenvalue weighted by atomic mass is 9.83. The first-order valence-corrected chi connectivity index (χ1v) is 8.51. The summed E-state index contributed by atoms with van der Waals surface area (Å²) in [4.78, 5) is 19.6. The van der Waals surface area contributed by atoms with Gasteiger partial charge in [-0.15, -0.1) is 0 Å². The van der Waals surface area contributed by atoms with Crippen LogP contribution < -0.4 is 5.56 Å². The topological polar surface area (TPSA) is 50.7 Å². The van der Waals surface area contributed by atoms with Gasteiger partial charge in [0.25, 0.3) is 5.56 Å². The van der Waals surface area contributed by atoms with Gasteiger partial charge in [0.2, 0.25) is 0 Å². The summed E-state index contributed by atoms with van der Waals surface area (Å²) in [5.74, 6) is 0. The number of pyridine rings is 1. The monoisotopic (exact) mass is 369 g/mol. The molecule has 0 saturated heterocycles. The van der Waals surface area contributed by atoms with Crippen LogP contribution in [0.4, 0.5) is 0 Å². The number of aryl methyl sites for hydroxylation is 2. The molecule has 5 heteroatoms. The van der Waals surface area contributed by atoms with Gasteiger partial charge >= 0.3 is 0 Å². The summed E-state index contributed by atoms with van der Waals surface area (Å²) in [6.45, 7) is 0.749. The summed E-state index contributed by atoms with van der Waals surface area (Å²) in [5.41, 5.74) is 5.70. The number of nitrogens with one attached hydrogen (secondary N) is 1. The van der Waals surface area contributed by atoms with E-state index in [0.29, 0.717) is 6.42 Å². The highest BCUT2D eigenvalue weighted by atomic mass is 79.9. The van der Waals surface area contributed by atoms with E-state index >= 15 is 0 Å². The summed E-state index contributed by atoms with van der Waals surface area (Å²) in [6.07, 6.45) is 8.11. The predicted molar refractivity (Wildman–Crippen MR) is 93.5 cm³/mol. The molecule has 4 rings (SSSR count). The van der Waals surface area contributed by atoms with E-state index in [0.717, 1.165) is 35.1 Å². The fraction of sp³-hybridized carbons (Fsp3) is 0.222. The van der Waals surface area contributed by atoms with E-state index in [9.17, 15) is 4.79 Å². The second-order valence-electron chi connectivity index (χ2n) is 5.81. The van der Waals surface area contributed by atoms with Crippen molar-refractivity contribution in [2.24, 2.45) is 0 Å². The van der Waals surface area contributed by atoms with E-state index < -0.39 is 0 Å². The van der Waals surface area contributed by atoms with Crippen LogP contribution in [0.1, 0.15) is 16.7 Å². The van der Waals surface area contributed by atoms with Gasteiger partial charge in [0, 0.05) is 24.5 Å². The maximum Gasteiger partial charge on any atom is 0.252 e. The zero-order chi connectivity index (χ0) is 15.8. The Balaban J connectivity index is 1.85. The minimum Gasteiger partial charge on any atom is -0.337 e. The number of rotatable bonds is 3. The maximum absolute atomic E-state index is 12.6. The first-order chi connectivity index (χ1) is 11.2. The van der Waals surface area contributed by atoms with Crippen LogP contribution in [-0.2, 0) is 25.8 Å². The van der Waals surface area contributed by atoms with Crippen molar-refractivity contribution in [3.05, 3.63) is 74.6 Å². The van der Waals surface area contributed by atoms with Crippen molar-refractivity contribution >= 4 is 15.9 Å². The van der Waals surface area contributed by atoms with Crippen LogP contribution in [0, 0.1) is 0 Å². The fourth-order valence-corrected chi connectivity index (χ4v) is 3.93. The number of halogens is 1. The second kappa shape index (κ2) is 5.81. The summed E-state index contributed by atoms with van der Waals surface area (Å²) >= 11 is 3.54. The summed E-state index contributed by atoms with van der Waals surface area (Å²) in [5, 5.41) is 0. The molecule has 23 heavy (non-hydrogen) atoms. The number of H-pyrrole nitrogens is 1. The molecule has 1 N–H and O–H groups in total. The molecule has 2 heterocycles. The molecule has 0 bridgehead atoms. The van der Waals surface area contributed by atoms with Crippen molar-refractivity contribution < 1.29 is 0 Å². The van der Waals surface area contributed by atoms with Gasteiger partial charge in [0.05, 0.1) is 10.9 Å². The van der Waals surface area contributed by atoms with Crippen molar-refractivity contribution in [2.75, 3.05) is 0 Å². The molecule has 0 aliphatic heterocycles. The van der Waals surface area contributed by atoms with E-state index in [-0.39, 0.29) is 5.56 Å². The SMILES string of the molecule is O=c1[nH]c(Br)c2c(c1CCn1ccnc1)-c1ccccc1CC2. The molecule has 116 valence electrons. The van der Waals surface area contributed by atoms with Gasteiger partial charge in [0.1, 0.15) is 0 Å². The first-order valence-electron chi connectivity index (χ1n) is 7.71. The molecule has 0 spiro atoms. The number of fused-ring (bicyclic) bond motifs is 3. The number of hydrogen-bond donors (Lipinski definition) is 1. The first kappa shape index (κ1) is 14.5. The van der Waals surface area contributed by atoms with Gasteiger partial charge in [-0.2, -0.15) is 0 Å². The van der Waals surface area contributed by atoms with Crippen LogP contribution in [-0.4, -0.2) is 14.5 Å². The van der Waals surface area contributed by atoms with Gasteiger partial charge in [-0.25, -0.2) is 4.98 Å².